The first-order valence-corrected chi connectivity index (χ1v) is 8.40. The largest absolute Gasteiger partial charge is 0.497 e. The van der Waals surface area contributed by atoms with E-state index in [2.05, 4.69) is 47.1 Å². The standard InChI is InChI=1S/C14H16BrNOS2/c1-9(16)14(12-7-8-13(15)19-12)18-11-5-3-10(17-2)4-6-11/h3-9,14H,16H2,1-2H3. The highest BCUT2D eigenvalue weighted by atomic mass is 79.9. The summed E-state index contributed by atoms with van der Waals surface area (Å²) in [5.74, 6) is 0.876. The van der Waals surface area contributed by atoms with Gasteiger partial charge in [-0.1, -0.05) is 0 Å². The maximum Gasteiger partial charge on any atom is 0.118 e. The predicted octanol–water partition coefficient (Wildman–Crippen LogP) is 4.70. The minimum atomic E-state index is 0.0950. The lowest BCUT2D eigenvalue weighted by molar-refractivity contribution is 0.414. The molecule has 2 unspecified atom stereocenters. The second kappa shape index (κ2) is 6.79. The lowest BCUT2D eigenvalue weighted by Gasteiger charge is -2.19. The topological polar surface area (TPSA) is 35.2 Å². The molecule has 0 aliphatic heterocycles. The Balaban J connectivity index is 2.16. The van der Waals surface area contributed by atoms with E-state index < -0.39 is 0 Å². The fourth-order valence-corrected chi connectivity index (χ4v) is 4.51. The van der Waals surface area contributed by atoms with Crippen LogP contribution in [-0.4, -0.2) is 13.2 Å². The van der Waals surface area contributed by atoms with Crippen molar-refractivity contribution in [1.29, 1.82) is 0 Å². The number of benzene rings is 1. The molecule has 2 N–H and O–H groups in total. The zero-order chi connectivity index (χ0) is 13.8. The van der Waals surface area contributed by atoms with Gasteiger partial charge in [-0.25, -0.2) is 0 Å². The molecule has 0 aliphatic carbocycles. The maximum absolute atomic E-state index is 6.13. The normalized spacial score (nSPS) is 14.1. The number of ether oxygens (including phenoxy) is 1. The lowest BCUT2D eigenvalue weighted by atomic mass is 10.2. The molecule has 1 aromatic carbocycles. The van der Waals surface area contributed by atoms with Crippen molar-refractivity contribution >= 4 is 39.0 Å². The molecule has 2 aromatic rings. The van der Waals surface area contributed by atoms with Crippen LogP contribution in [0.25, 0.3) is 0 Å². The Morgan fingerprint density at radius 1 is 1.21 bits per heavy atom. The number of nitrogens with two attached hydrogens (primary N) is 1. The summed E-state index contributed by atoms with van der Waals surface area (Å²) in [5.41, 5.74) is 6.13. The van der Waals surface area contributed by atoms with E-state index in [-0.39, 0.29) is 11.3 Å². The molecule has 0 saturated carbocycles. The Morgan fingerprint density at radius 3 is 2.37 bits per heavy atom. The highest BCUT2D eigenvalue weighted by molar-refractivity contribution is 9.11. The molecule has 0 aliphatic rings. The van der Waals surface area contributed by atoms with E-state index >= 15 is 0 Å². The van der Waals surface area contributed by atoms with Gasteiger partial charge in [-0.15, -0.1) is 23.1 Å². The molecule has 2 atom stereocenters. The summed E-state index contributed by atoms with van der Waals surface area (Å²) in [4.78, 5) is 2.50. The average Bonchev–Trinajstić information content (AvgIpc) is 2.82. The van der Waals surface area contributed by atoms with Crippen LogP contribution in [0.2, 0.25) is 0 Å². The second-order valence-electron chi connectivity index (χ2n) is 4.21. The van der Waals surface area contributed by atoms with Crippen LogP contribution in [0.15, 0.2) is 45.1 Å². The third kappa shape index (κ3) is 3.99. The van der Waals surface area contributed by atoms with Gasteiger partial charge < -0.3 is 10.5 Å². The highest BCUT2D eigenvalue weighted by Gasteiger charge is 2.19. The summed E-state index contributed by atoms with van der Waals surface area (Å²) >= 11 is 7.04. The minimum Gasteiger partial charge on any atom is -0.497 e. The number of thioether (sulfide) groups is 1. The Morgan fingerprint density at radius 2 is 1.89 bits per heavy atom. The van der Waals surface area contributed by atoms with Gasteiger partial charge in [0.1, 0.15) is 5.75 Å². The molecule has 0 spiro atoms. The summed E-state index contributed by atoms with van der Waals surface area (Å²) in [6.07, 6.45) is 0. The van der Waals surface area contributed by atoms with Crippen LogP contribution in [0.1, 0.15) is 17.1 Å². The smallest absolute Gasteiger partial charge is 0.118 e. The highest BCUT2D eigenvalue weighted by Crippen LogP contribution is 2.41. The van der Waals surface area contributed by atoms with Crippen molar-refractivity contribution in [3.8, 4) is 5.75 Å². The van der Waals surface area contributed by atoms with Crippen LogP contribution in [0, 0.1) is 0 Å². The van der Waals surface area contributed by atoms with Gasteiger partial charge >= 0.3 is 0 Å². The molecule has 0 fully saturated rings. The number of halogens is 1. The van der Waals surface area contributed by atoms with Gasteiger partial charge in [-0.2, -0.15) is 0 Å². The van der Waals surface area contributed by atoms with Crippen LogP contribution < -0.4 is 10.5 Å². The fraction of sp³-hybridized carbons (Fsp3) is 0.286. The number of hydrogen-bond donors (Lipinski definition) is 1. The molecule has 0 amide bonds. The SMILES string of the molecule is COc1ccc(SC(c2ccc(Br)s2)C(C)N)cc1. The molecular formula is C14H16BrNOS2. The number of rotatable bonds is 5. The summed E-state index contributed by atoms with van der Waals surface area (Å²) in [7, 11) is 1.68. The molecule has 1 heterocycles. The number of thiophene rings is 1. The summed E-state index contributed by atoms with van der Waals surface area (Å²) in [6.45, 7) is 2.05. The van der Waals surface area contributed by atoms with Crippen LogP contribution in [0.5, 0.6) is 5.75 Å². The molecule has 102 valence electrons. The summed E-state index contributed by atoms with van der Waals surface area (Å²) in [5, 5.41) is 0.268. The lowest BCUT2D eigenvalue weighted by Crippen LogP contribution is -2.21. The summed E-state index contributed by atoms with van der Waals surface area (Å²) < 4.78 is 6.31. The van der Waals surface area contributed by atoms with Crippen molar-refractivity contribution in [3.05, 3.63) is 45.1 Å². The van der Waals surface area contributed by atoms with E-state index in [4.69, 9.17) is 10.5 Å². The summed E-state index contributed by atoms with van der Waals surface area (Å²) in [6, 6.07) is 12.4. The van der Waals surface area contributed by atoms with E-state index in [0.29, 0.717) is 0 Å². The zero-order valence-corrected chi connectivity index (χ0v) is 14.0. The third-order valence-electron chi connectivity index (χ3n) is 2.67. The van der Waals surface area contributed by atoms with Gasteiger partial charge in [0.05, 0.1) is 16.1 Å². The third-order valence-corrected chi connectivity index (χ3v) is 6.01. The van der Waals surface area contributed by atoms with E-state index in [0.717, 1.165) is 9.54 Å². The van der Waals surface area contributed by atoms with E-state index in [9.17, 15) is 0 Å². The van der Waals surface area contributed by atoms with Crippen molar-refractivity contribution in [2.45, 2.75) is 23.1 Å². The van der Waals surface area contributed by atoms with Crippen LogP contribution in [-0.2, 0) is 0 Å². The van der Waals surface area contributed by atoms with Crippen molar-refractivity contribution in [2.24, 2.45) is 5.73 Å². The second-order valence-corrected chi connectivity index (χ2v) is 7.92. The molecule has 5 heteroatoms. The van der Waals surface area contributed by atoms with E-state index in [1.807, 2.05) is 12.1 Å². The quantitative estimate of drug-likeness (QED) is 0.787. The van der Waals surface area contributed by atoms with Crippen molar-refractivity contribution < 1.29 is 4.74 Å². The van der Waals surface area contributed by atoms with Gasteiger partial charge in [-0.05, 0) is 59.3 Å². The Bertz CT molecular complexity index is 524. The molecular weight excluding hydrogens is 342 g/mol. The molecule has 0 bridgehead atoms. The molecule has 2 nitrogen and oxygen atoms in total. The zero-order valence-electron chi connectivity index (χ0n) is 10.8. The first-order valence-electron chi connectivity index (χ1n) is 5.91. The van der Waals surface area contributed by atoms with Crippen molar-refractivity contribution in [1.82, 2.24) is 0 Å². The average molecular weight is 358 g/mol. The molecule has 1 aromatic heterocycles. The molecule has 19 heavy (non-hydrogen) atoms. The molecule has 0 radical (unpaired) electrons. The van der Waals surface area contributed by atoms with Crippen LogP contribution in [0.3, 0.4) is 0 Å². The molecule has 0 saturated heterocycles. The van der Waals surface area contributed by atoms with Crippen molar-refractivity contribution in [3.63, 3.8) is 0 Å². The van der Waals surface area contributed by atoms with E-state index in [1.165, 1.54) is 9.77 Å². The molecule has 2 rings (SSSR count). The fourth-order valence-electron chi connectivity index (χ4n) is 1.71. The van der Waals surface area contributed by atoms with Gasteiger partial charge in [0, 0.05) is 15.8 Å². The first-order chi connectivity index (χ1) is 9.10. The van der Waals surface area contributed by atoms with Crippen LogP contribution in [0.4, 0.5) is 0 Å². The maximum atomic E-state index is 6.13. The monoisotopic (exact) mass is 357 g/mol. The van der Waals surface area contributed by atoms with Crippen LogP contribution >= 0.6 is 39.0 Å². The van der Waals surface area contributed by atoms with Gasteiger partial charge in [0.15, 0.2) is 0 Å². The minimum absolute atomic E-state index is 0.0950. The number of hydrogen-bond acceptors (Lipinski definition) is 4. The first kappa shape index (κ1) is 14.9. The van der Waals surface area contributed by atoms with Crippen molar-refractivity contribution in [2.75, 3.05) is 7.11 Å². The predicted molar refractivity (Wildman–Crippen MR) is 87.3 cm³/mol. The van der Waals surface area contributed by atoms with Gasteiger partial charge in [0.2, 0.25) is 0 Å². The van der Waals surface area contributed by atoms with E-state index in [1.54, 1.807) is 30.2 Å². The number of methoxy groups -OCH3 is 1. The Labute approximate surface area is 130 Å². The van der Waals surface area contributed by atoms with Gasteiger partial charge in [0.25, 0.3) is 0 Å². The van der Waals surface area contributed by atoms with Gasteiger partial charge in [-0.3, -0.25) is 0 Å². The Kier molecular flexibility index (Phi) is 5.33. The Hall–Kier alpha value is -0.490.